The van der Waals surface area contributed by atoms with Gasteiger partial charge in [-0.2, -0.15) is 4.31 Å². The molecule has 0 aliphatic carbocycles. The monoisotopic (exact) mass is 310 g/mol. The maximum Gasteiger partial charge on any atom is 0.243 e. The third-order valence-corrected chi connectivity index (χ3v) is 4.99. The van der Waals surface area contributed by atoms with E-state index in [-0.39, 0.29) is 11.4 Å². The van der Waals surface area contributed by atoms with Crippen molar-refractivity contribution in [3.8, 4) is 0 Å². The fourth-order valence-corrected chi connectivity index (χ4v) is 3.26. The summed E-state index contributed by atoms with van der Waals surface area (Å²) < 4.78 is 26.1. The number of para-hydroxylation sites is 1. The number of benzene rings is 2. The van der Waals surface area contributed by atoms with Gasteiger partial charge in [0.25, 0.3) is 0 Å². The summed E-state index contributed by atoms with van der Waals surface area (Å²) in [7, 11) is -2.07. The van der Waals surface area contributed by atoms with Crippen molar-refractivity contribution in [2.45, 2.75) is 11.4 Å². The highest BCUT2D eigenvalue weighted by molar-refractivity contribution is 7.89. The van der Waals surface area contributed by atoms with Gasteiger partial charge in [0.1, 0.15) is 0 Å². The second kappa shape index (κ2) is 5.83. The Balaban J connectivity index is 2.29. The Kier molecular flexibility index (Phi) is 4.32. The second-order valence-corrected chi connectivity index (χ2v) is 6.90. The highest BCUT2D eigenvalue weighted by atomic mass is 35.5. The molecule has 0 amide bonds. The average molecular weight is 311 g/mol. The summed E-state index contributed by atoms with van der Waals surface area (Å²) in [4.78, 5) is 0.169. The molecule has 0 spiro atoms. The van der Waals surface area contributed by atoms with Crippen molar-refractivity contribution in [1.82, 2.24) is 4.31 Å². The molecule has 0 heterocycles. The van der Waals surface area contributed by atoms with Crippen LogP contribution in [0.1, 0.15) is 5.56 Å². The van der Waals surface area contributed by atoms with E-state index in [2.05, 4.69) is 0 Å². The molecule has 0 saturated carbocycles. The minimum atomic E-state index is -3.58. The summed E-state index contributed by atoms with van der Waals surface area (Å²) in [5.74, 6) is 0. The first-order valence-corrected chi connectivity index (χ1v) is 7.78. The lowest BCUT2D eigenvalue weighted by Crippen LogP contribution is -2.26. The number of anilines is 1. The highest BCUT2D eigenvalue weighted by Crippen LogP contribution is 2.21. The largest absolute Gasteiger partial charge is 0.398 e. The molecule has 106 valence electrons. The number of nitrogens with two attached hydrogens (primary N) is 1. The van der Waals surface area contributed by atoms with Crippen LogP contribution in [0.25, 0.3) is 0 Å². The van der Waals surface area contributed by atoms with E-state index in [1.807, 2.05) is 12.1 Å². The third kappa shape index (κ3) is 3.12. The summed E-state index contributed by atoms with van der Waals surface area (Å²) in [6.07, 6.45) is 0. The third-order valence-electron chi connectivity index (χ3n) is 2.95. The van der Waals surface area contributed by atoms with Crippen LogP contribution >= 0.6 is 11.6 Å². The van der Waals surface area contributed by atoms with E-state index in [1.54, 1.807) is 24.3 Å². The molecular formula is C14H15ClN2O2S. The van der Waals surface area contributed by atoms with Crippen LogP contribution in [0.15, 0.2) is 53.4 Å². The quantitative estimate of drug-likeness (QED) is 0.883. The molecule has 0 radical (unpaired) electrons. The van der Waals surface area contributed by atoms with E-state index in [9.17, 15) is 8.42 Å². The first-order chi connectivity index (χ1) is 9.41. The summed E-state index contributed by atoms with van der Waals surface area (Å²) in [5.41, 5.74) is 7.17. The van der Waals surface area contributed by atoms with E-state index in [0.717, 1.165) is 5.56 Å². The first kappa shape index (κ1) is 14.8. The number of rotatable bonds is 4. The minimum Gasteiger partial charge on any atom is -0.398 e. The van der Waals surface area contributed by atoms with Crippen LogP contribution in [-0.2, 0) is 16.6 Å². The molecule has 2 aromatic carbocycles. The Bertz CT molecular complexity index is 717. The molecule has 0 atom stereocenters. The smallest absolute Gasteiger partial charge is 0.243 e. The summed E-state index contributed by atoms with van der Waals surface area (Å²) >= 11 is 5.84. The van der Waals surface area contributed by atoms with E-state index >= 15 is 0 Å². The molecule has 0 unspecified atom stereocenters. The molecular weight excluding hydrogens is 296 g/mol. The highest BCUT2D eigenvalue weighted by Gasteiger charge is 2.21. The summed E-state index contributed by atoms with van der Waals surface area (Å²) in [5, 5.41) is 0.388. The van der Waals surface area contributed by atoms with Crippen molar-refractivity contribution >= 4 is 27.3 Å². The van der Waals surface area contributed by atoms with Crippen LogP contribution in [0.2, 0.25) is 5.02 Å². The SMILES string of the molecule is CN(Cc1ccccc1N)S(=O)(=O)c1cccc(Cl)c1. The van der Waals surface area contributed by atoms with Crippen LogP contribution < -0.4 is 5.73 Å². The van der Waals surface area contributed by atoms with Crippen LogP contribution in [0, 0.1) is 0 Å². The Morgan fingerprint density at radius 1 is 1.15 bits per heavy atom. The maximum absolute atomic E-state index is 12.4. The molecule has 20 heavy (non-hydrogen) atoms. The normalized spacial score (nSPS) is 11.8. The van der Waals surface area contributed by atoms with Gasteiger partial charge >= 0.3 is 0 Å². The molecule has 6 heteroatoms. The average Bonchev–Trinajstić information content (AvgIpc) is 2.41. The van der Waals surface area contributed by atoms with E-state index in [1.165, 1.54) is 23.5 Å². The van der Waals surface area contributed by atoms with E-state index in [0.29, 0.717) is 10.7 Å². The molecule has 0 bridgehead atoms. The molecule has 2 rings (SSSR count). The number of hydrogen-bond acceptors (Lipinski definition) is 3. The lowest BCUT2D eigenvalue weighted by atomic mass is 10.2. The number of sulfonamides is 1. The second-order valence-electron chi connectivity index (χ2n) is 4.42. The number of halogens is 1. The van der Waals surface area contributed by atoms with Crippen LogP contribution in [0.5, 0.6) is 0 Å². The summed E-state index contributed by atoms with van der Waals surface area (Å²) in [6.45, 7) is 0.210. The number of nitrogen functional groups attached to an aromatic ring is 1. The van der Waals surface area contributed by atoms with Gasteiger partial charge in [-0.25, -0.2) is 8.42 Å². The van der Waals surface area contributed by atoms with Gasteiger partial charge in [-0.3, -0.25) is 0 Å². The van der Waals surface area contributed by atoms with Crippen LogP contribution in [0.3, 0.4) is 0 Å². The Hall–Kier alpha value is -1.56. The van der Waals surface area contributed by atoms with Gasteiger partial charge < -0.3 is 5.73 Å². The van der Waals surface area contributed by atoms with E-state index in [4.69, 9.17) is 17.3 Å². The topological polar surface area (TPSA) is 63.4 Å². The zero-order chi connectivity index (χ0) is 14.8. The van der Waals surface area contributed by atoms with E-state index < -0.39 is 10.0 Å². The molecule has 0 aromatic heterocycles. The van der Waals surface area contributed by atoms with Gasteiger partial charge in [0.15, 0.2) is 0 Å². The zero-order valence-corrected chi connectivity index (χ0v) is 12.5. The van der Waals surface area contributed by atoms with Gasteiger partial charge in [-0.15, -0.1) is 0 Å². The standard InChI is InChI=1S/C14H15ClN2O2S/c1-17(10-11-5-2-3-8-14(11)16)20(18,19)13-7-4-6-12(15)9-13/h2-9H,10,16H2,1H3. The van der Waals surface area contributed by atoms with Crippen LogP contribution in [-0.4, -0.2) is 19.8 Å². The van der Waals surface area contributed by atoms with Gasteiger partial charge in [-0.05, 0) is 29.8 Å². The fourth-order valence-electron chi connectivity index (χ4n) is 1.81. The maximum atomic E-state index is 12.4. The Morgan fingerprint density at radius 3 is 2.50 bits per heavy atom. The first-order valence-electron chi connectivity index (χ1n) is 5.96. The number of hydrogen-bond donors (Lipinski definition) is 1. The van der Waals surface area contributed by atoms with Crippen molar-refractivity contribution in [1.29, 1.82) is 0 Å². The summed E-state index contributed by atoms with van der Waals surface area (Å²) in [6, 6.07) is 13.4. The minimum absolute atomic E-state index is 0.169. The fraction of sp³-hybridized carbons (Fsp3) is 0.143. The van der Waals surface area contributed by atoms with Crippen LogP contribution in [0.4, 0.5) is 5.69 Å². The molecule has 0 aliphatic heterocycles. The Labute approximate surface area is 123 Å². The van der Waals surface area contributed by atoms with Gasteiger partial charge in [0.2, 0.25) is 10.0 Å². The molecule has 2 N–H and O–H groups in total. The zero-order valence-electron chi connectivity index (χ0n) is 11.0. The molecule has 0 fully saturated rings. The van der Waals surface area contributed by atoms with Crippen molar-refractivity contribution in [3.05, 3.63) is 59.1 Å². The van der Waals surface area contributed by atoms with Gasteiger partial charge in [-0.1, -0.05) is 35.9 Å². The lowest BCUT2D eigenvalue weighted by Gasteiger charge is -2.18. The molecule has 0 aliphatic rings. The predicted octanol–water partition coefficient (Wildman–Crippen LogP) is 2.74. The molecule has 4 nitrogen and oxygen atoms in total. The van der Waals surface area contributed by atoms with Crippen molar-refractivity contribution in [2.75, 3.05) is 12.8 Å². The molecule has 2 aromatic rings. The van der Waals surface area contributed by atoms with Gasteiger partial charge in [0.05, 0.1) is 4.90 Å². The molecule has 0 saturated heterocycles. The predicted molar refractivity (Wildman–Crippen MR) is 81.0 cm³/mol. The number of nitrogens with zero attached hydrogens (tertiary/aromatic N) is 1. The Morgan fingerprint density at radius 2 is 1.85 bits per heavy atom. The lowest BCUT2D eigenvalue weighted by molar-refractivity contribution is 0.467. The van der Waals surface area contributed by atoms with Crippen molar-refractivity contribution in [3.63, 3.8) is 0 Å². The van der Waals surface area contributed by atoms with Crippen molar-refractivity contribution < 1.29 is 8.42 Å². The van der Waals surface area contributed by atoms with Gasteiger partial charge in [0, 0.05) is 24.3 Å². The van der Waals surface area contributed by atoms with Crippen molar-refractivity contribution in [2.24, 2.45) is 0 Å².